The van der Waals surface area contributed by atoms with E-state index in [2.05, 4.69) is 15.9 Å². The maximum absolute atomic E-state index is 10.5. The van der Waals surface area contributed by atoms with Gasteiger partial charge in [0.1, 0.15) is 8.00 Å². The molecule has 1 aromatic rings. The highest BCUT2D eigenvalue weighted by atomic mass is 79.9. The monoisotopic (exact) mass is 271 g/mol. The second kappa shape index (κ2) is 3.60. The van der Waals surface area contributed by atoms with Gasteiger partial charge in [0.2, 0.25) is 0 Å². The van der Waals surface area contributed by atoms with Gasteiger partial charge < -0.3 is 4.55 Å². The Morgan fingerprint density at radius 3 is 2.58 bits per heavy atom. The summed E-state index contributed by atoms with van der Waals surface area (Å²) in [4.78, 5) is 9.65. The number of halogens is 1. The van der Waals surface area contributed by atoms with Crippen LogP contribution in [0.3, 0.4) is 0 Å². The van der Waals surface area contributed by atoms with Crippen molar-refractivity contribution in [2.45, 2.75) is 4.21 Å². The first-order valence-corrected chi connectivity index (χ1v) is 5.28. The van der Waals surface area contributed by atoms with Gasteiger partial charge in [0.25, 0.3) is 5.69 Å². The lowest BCUT2D eigenvalue weighted by atomic mass is 10.6. The van der Waals surface area contributed by atoms with Crippen molar-refractivity contribution in [3.8, 4) is 0 Å². The molecule has 1 heterocycles. The summed E-state index contributed by atoms with van der Waals surface area (Å²) >= 11 is 1.64. The van der Waals surface area contributed by atoms with Crippen molar-refractivity contribution in [3.63, 3.8) is 0 Å². The fourth-order valence-corrected chi connectivity index (χ4v) is 2.99. The Labute approximate surface area is 82.0 Å². The van der Waals surface area contributed by atoms with Crippen LogP contribution in [0.4, 0.5) is 5.69 Å². The predicted molar refractivity (Wildman–Crippen MR) is 47.7 cm³/mol. The topological polar surface area (TPSA) is 80.4 Å². The normalized spacial score (nSPS) is 12.8. The van der Waals surface area contributed by atoms with Crippen LogP contribution in [0.1, 0.15) is 0 Å². The summed E-state index contributed by atoms with van der Waals surface area (Å²) in [6.45, 7) is 0. The second-order valence-electron chi connectivity index (χ2n) is 1.73. The van der Waals surface area contributed by atoms with Gasteiger partial charge in [-0.15, -0.1) is 11.3 Å². The van der Waals surface area contributed by atoms with Crippen molar-refractivity contribution < 1.29 is 13.7 Å². The molecule has 0 saturated carbocycles. The molecule has 12 heavy (non-hydrogen) atoms. The van der Waals surface area contributed by atoms with Crippen LogP contribution in [0.25, 0.3) is 0 Å². The third-order valence-corrected chi connectivity index (χ3v) is 3.75. The summed E-state index contributed by atoms with van der Waals surface area (Å²) in [5.74, 6) is 0. The molecule has 0 spiro atoms. The van der Waals surface area contributed by atoms with Gasteiger partial charge in [0.15, 0.2) is 11.1 Å². The number of nitro groups is 1. The Balaban J connectivity index is 3.17. The van der Waals surface area contributed by atoms with Crippen LogP contribution in [-0.4, -0.2) is 13.7 Å². The first kappa shape index (κ1) is 9.78. The van der Waals surface area contributed by atoms with Crippen molar-refractivity contribution in [2.24, 2.45) is 0 Å². The van der Waals surface area contributed by atoms with Gasteiger partial charge in [-0.1, -0.05) is 0 Å². The highest BCUT2D eigenvalue weighted by Crippen LogP contribution is 2.35. The molecular formula is C4H2BrNO4S2. The quantitative estimate of drug-likeness (QED) is 0.507. The number of nitrogens with zero attached hydrogens (tertiary/aromatic N) is 1. The van der Waals surface area contributed by atoms with Gasteiger partial charge >= 0.3 is 0 Å². The van der Waals surface area contributed by atoms with E-state index in [0.717, 1.165) is 17.4 Å². The number of hydrogen-bond donors (Lipinski definition) is 1. The molecule has 0 bridgehead atoms. The van der Waals surface area contributed by atoms with Crippen LogP contribution in [0.15, 0.2) is 14.1 Å². The van der Waals surface area contributed by atoms with Gasteiger partial charge in [0, 0.05) is 6.07 Å². The van der Waals surface area contributed by atoms with E-state index in [1.54, 1.807) is 0 Å². The molecule has 1 rings (SSSR count). The van der Waals surface area contributed by atoms with Crippen molar-refractivity contribution in [3.05, 3.63) is 20.0 Å². The summed E-state index contributed by atoms with van der Waals surface area (Å²) < 4.78 is 19.4. The van der Waals surface area contributed by atoms with E-state index in [9.17, 15) is 14.3 Å². The molecular weight excluding hydrogens is 270 g/mol. The Hall–Kier alpha value is -0.310. The van der Waals surface area contributed by atoms with Crippen LogP contribution < -0.4 is 0 Å². The van der Waals surface area contributed by atoms with E-state index < -0.39 is 16.0 Å². The van der Waals surface area contributed by atoms with Gasteiger partial charge in [-0.05, 0) is 15.9 Å². The van der Waals surface area contributed by atoms with E-state index in [-0.39, 0.29) is 13.7 Å². The summed E-state index contributed by atoms with van der Waals surface area (Å²) in [6.07, 6.45) is 0. The molecule has 1 atom stereocenters. The van der Waals surface area contributed by atoms with Crippen LogP contribution in [0.2, 0.25) is 0 Å². The summed E-state index contributed by atoms with van der Waals surface area (Å²) in [6, 6.07) is 1.07. The molecule has 0 aromatic carbocycles. The average molecular weight is 272 g/mol. The molecule has 0 aliphatic heterocycles. The molecule has 8 heteroatoms. The molecule has 5 nitrogen and oxygen atoms in total. The maximum atomic E-state index is 10.5. The second-order valence-corrected chi connectivity index (χ2v) is 5.30. The minimum Gasteiger partial charge on any atom is -0.302 e. The maximum Gasteiger partial charge on any atom is 0.295 e. The predicted octanol–water partition coefficient (Wildman–Crippen LogP) is 2.00. The van der Waals surface area contributed by atoms with E-state index in [1.807, 2.05) is 0 Å². The Bertz CT molecular complexity index is 349. The van der Waals surface area contributed by atoms with Crippen LogP contribution in [-0.2, 0) is 11.1 Å². The van der Waals surface area contributed by atoms with Crippen molar-refractivity contribution >= 4 is 44.0 Å². The van der Waals surface area contributed by atoms with E-state index in [4.69, 9.17) is 4.55 Å². The number of thiophene rings is 1. The molecule has 0 amide bonds. The zero-order chi connectivity index (χ0) is 9.30. The zero-order valence-corrected chi connectivity index (χ0v) is 8.61. The summed E-state index contributed by atoms with van der Waals surface area (Å²) in [5.41, 5.74) is -0.183. The highest BCUT2D eigenvalue weighted by molar-refractivity contribution is 9.11. The lowest BCUT2D eigenvalue weighted by Gasteiger charge is -1.82. The van der Waals surface area contributed by atoms with Gasteiger partial charge in [-0.3, -0.25) is 10.1 Å². The lowest BCUT2D eigenvalue weighted by Crippen LogP contribution is -1.85. The third kappa shape index (κ3) is 1.89. The Morgan fingerprint density at radius 2 is 2.33 bits per heavy atom. The fraction of sp³-hybridized carbons (Fsp3) is 0. The lowest BCUT2D eigenvalue weighted by molar-refractivity contribution is -0.385. The van der Waals surface area contributed by atoms with Crippen molar-refractivity contribution in [2.75, 3.05) is 0 Å². The Kier molecular flexibility index (Phi) is 2.94. The first-order chi connectivity index (χ1) is 5.52. The van der Waals surface area contributed by atoms with Crippen molar-refractivity contribution in [1.82, 2.24) is 0 Å². The molecule has 0 aliphatic rings. The molecule has 0 fully saturated rings. The number of rotatable bonds is 2. The summed E-state index contributed by atoms with van der Waals surface area (Å²) in [7, 11) is 0. The molecule has 0 saturated heterocycles. The smallest absolute Gasteiger partial charge is 0.295 e. The third-order valence-electron chi connectivity index (χ3n) is 1.01. The highest BCUT2D eigenvalue weighted by Gasteiger charge is 2.18. The SMILES string of the molecule is O=[N+]([O-])c1cc(S(=O)O)sc1Br. The van der Waals surface area contributed by atoms with Gasteiger partial charge in [-0.25, -0.2) is 4.21 Å². The van der Waals surface area contributed by atoms with Crippen LogP contribution in [0.5, 0.6) is 0 Å². The molecule has 1 unspecified atom stereocenters. The molecule has 0 radical (unpaired) electrons. The van der Waals surface area contributed by atoms with Gasteiger partial charge in [-0.2, -0.15) is 0 Å². The average Bonchev–Trinajstić information content (AvgIpc) is 2.30. The minimum absolute atomic E-state index is 0.0635. The van der Waals surface area contributed by atoms with Crippen molar-refractivity contribution in [1.29, 1.82) is 0 Å². The largest absolute Gasteiger partial charge is 0.302 e. The minimum atomic E-state index is -2.15. The molecule has 1 aromatic heterocycles. The standard InChI is InChI=1S/C4H2BrNO4S2/c5-4-2(6(7)8)1-3(11-4)12(9)10/h1H,(H,9,10). The molecule has 0 aliphatic carbocycles. The number of hydrogen-bond acceptors (Lipinski definition) is 4. The zero-order valence-electron chi connectivity index (χ0n) is 5.39. The first-order valence-electron chi connectivity index (χ1n) is 2.57. The van der Waals surface area contributed by atoms with Gasteiger partial charge in [0.05, 0.1) is 4.92 Å². The molecule has 1 N–H and O–H groups in total. The van der Waals surface area contributed by atoms with E-state index in [1.165, 1.54) is 0 Å². The fourth-order valence-electron chi connectivity index (χ4n) is 0.549. The van der Waals surface area contributed by atoms with E-state index in [0.29, 0.717) is 0 Å². The molecule has 66 valence electrons. The summed E-state index contributed by atoms with van der Waals surface area (Å²) in [5, 5.41) is 10.3. The van der Waals surface area contributed by atoms with E-state index >= 15 is 0 Å². The van der Waals surface area contributed by atoms with Crippen LogP contribution >= 0.6 is 27.3 Å². The van der Waals surface area contributed by atoms with Crippen LogP contribution in [0, 0.1) is 10.1 Å². The Morgan fingerprint density at radius 1 is 1.75 bits per heavy atom.